The molecule has 0 spiro atoms. The third kappa shape index (κ3) is 2.05. The maximum Gasteiger partial charge on any atom is 0.354 e. The van der Waals surface area contributed by atoms with Gasteiger partial charge in [-0.3, -0.25) is 0 Å². The predicted molar refractivity (Wildman–Crippen MR) is 65.8 cm³/mol. The van der Waals surface area contributed by atoms with Crippen LogP contribution in [0.1, 0.15) is 49.7 Å². The highest BCUT2D eigenvalue weighted by Gasteiger charge is 2.22. The second-order valence-corrected chi connectivity index (χ2v) is 5.18. The van der Waals surface area contributed by atoms with Gasteiger partial charge in [-0.25, -0.2) is 9.78 Å². The molecule has 0 aromatic carbocycles. The van der Waals surface area contributed by atoms with Gasteiger partial charge in [0.05, 0.1) is 5.69 Å². The highest BCUT2D eigenvalue weighted by Crippen LogP contribution is 2.21. The lowest BCUT2D eigenvalue weighted by Gasteiger charge is -2.17. The van der Waals surface area contributed by atoms with Crippen molar-refractivity contribution in [3.63, 3.8) is 0 Å². The number of aromatic nitrogens is 4. The van der Waals surface area contributed by atoms with Gasteiger partial charge < -0.3 is 5.11 Å². The number of carboxylic acid groups (broad SMARTS) is 1. The summed E-state index contributed by atoms with van der Waals surface area (Å²) < 4.78 is 1.29. The SMILES string of the molecule is CCc1nc2nc(C(C)(C)C)cc(C(=O)O)n2n1. The highest BCUT2D eigenvalue weighted by atomic mass is 16.4. The Kier molecular flexibility index (Phi) is 2.80. The Morgan fingerprint density at radius 3 is 2.56 bits per heavy atom. The van der Waals surface area contributed by atoms with Gasteiger partial charge in [0, 0.05) is 11.8 Å². The summed E-state index contributed by atoms with van der Waals surface area (Å²) in [6.07, 6.45) is 0.646. The van der Waals surface area contributed by atoms with Crippen LogP contribution >= 0.6 is 0 Å². The lowest BCUT2D eigenvalue weighted by atomic mass is 9.91. The minimum absolute atomic E-state index is 0.0946. The van der Waals surface area contributed by atoms with Crippen molar-refractivity contribution in [3.05, 3.63) is 23.3 Å². The van der Waals surface area contributed by atoms with Crippen molar-refractivity contribution in [2.75, 3.05) is 0 Å². The number of hydrogen-bond acceptors (Lipinski definition) is 4. The van der Waals surface area contributed by atoms with Gasteiger partial charge in [0.15, 0.2) is 11.5 Å². The summed E-state index contributed by atoms with van der Waals surface area (Å²) in [6, 6.07) is 1.56. The Morgan fingerprint density at radius 1 is 1.39 bits per heavy atom. The zero-order valence-corrected chi connectivity index (χ0v) is 10.9. The third-order valence-corrected chi connectivity index (χ3v) is 2.66. The number of nitrogens with zero attached hydrogens (tertiary/aromatic N) is 4. The van der Waals surface area contributed by atoms with E-state index in [2.05, 4.69) is 15.1 Å². The van der Waals surface area contributed by atoms with Crippen LogP contribution in [0.5, 0.6) is 0 Å². The molecule has 0 bridgehead atoms. The lowest BCUT2D eigenvalue weighted by Crippen LogP contribution is -2.18. The van der Waals surface area contributed by atoms with Crippen LogP contribution in [0.15, 0.2) is 6.07 Å². The van der Waals surface area contributed by atoms with E-state index in [4.69, 9.17) is 0 Å². The molecule has 0 aliphatic rings. The summed E-state index contributed by atoms with van der Waals surface area (Å²) in [6.45, 7) is 7.86. The van der Waals surface area contributed by atoms with Gasteiger partial charge in [0.25, 0.3) is 5.78 Å². The molecule has 0 saturated heterocycles. The Labute approximate surface area is 105 Å². The van der Waals surface area contributed by atoms with E-state index in [1.807, 2.05) is 27.7 Å². The van der Waals surface area contributed by atoms with Gasteiger partial charge in [0.2, 0.25) is 0 Å². The number of aromatic carboxylic acids is 1. The summed E-state index contributed by atoms with van der Waals surface area (Å²) >= 11 is 0. The maximum atomic E-state index is 11.3. The molecule has 2 aromatic heterocycles. The average Bonchev–Trinajstić information content (AvgIpc) is 2.68. The van der Waals surface area contributed by atoms with Crippen LogP contribution in [0.2, 0.25) is 0 Å². The highest BCUT2D eigenvalue weighted by molar-refractivity contribution is 5.86. The minimum atomic E-state index is -1.03. The van der Waals surface area contributed by atoms with Gasteiger partial charge in [0.1, 0.15) is 0 Å². The van der Waals surface area contributed by atoms with E-state index in [-0.39, 0.29) is 11.1 Å². The van der Waals surface area contributed by atoms with Crippen molar-refractivity contribution in [1.82, 2.24) is 19.6 Å². The topological polar surface area (TPSA) is 80.4 Å². The Morgan fingerprint density at radius 2 is 2.06 bits per heavy atom. The molecule has 0 unspecified atom stereocenters. The van der Waals surface area contributed by atoms with Crippen LogP contribution in [0.3, 0.4) is 0 Å². The Balaban J connectivity index is 2.76. The van der Waals surface area contributed by atoms with Gasteiger partial charge in [-0.2, -0.15) is 9.50 Å². The first kappa shape index (κ1) is 12.5. The smallest absolute Gasteiger partial charge is 0.354 e. The van der Waals surface area contributed by atoms with Gasteiger partial charge in [-0.1, -0.05) is 27.7 Å². The second-order valence-electron chi connectivity index (χ2n) is 5.18. The van der Waals surface area contributed by atoms with E-state index in [0.29, 0.717) is 23.7 Å². The van der Waals surface area contributed by atoms with Gasteiger partial charge >= 0.3 is 5.97 Å². The van der Waals surface area contributed by atoms with Crippen LogP contribution < -0.4 is 0 Å². The van der Waals surface area contributed by atoms with Crippen molar-refractivity contribution in [3.8, 4) is 0 Å². The molecule has 0 saturated carbocycles. The summed E-state index contributed by atoms with van der Waals surface area (Å²) in [5.41, 5.74) is 0.559. The van der Waals surface area contributed by atoms with E-state index in [9.17, 15) is 9.90 Å². The number of hydrogen-bond donors (Lipinski definition) is 1. The molecule has 0 atom stereocenters. The fourth-order valence-electron chi connectivity index (χ4n) is 1.60. The molecule has 0 aliphatic carbocycles. The number of fused-ring (bicyclic) bond motifs is 1. The monoisotopic (exact) mass is 248 g/mol. The normalized spacial score (nSPS) is 12.0. The first-order chi connectivity index (χ1) is 8.32. The Hall–Kier alpha value is -1.98. The summed E-state index contributed by atoms with van der Waals surface area (Å²) in [5.74, 6) is -0.0896. The predicted octanol–water partition coefficient (Wildman–Crippen LogP) is 1.68. The summed E-state index contributed by atoms with van der Waals surface area (Å²) in [5, 5.41) is 13.4. The molecule has 0 fully saturated rings. The molecule has 18 heavy (non-hydrogen) atoms. The Bertz CT molecular complexity index is 610. The molecule has 0 radical (unpaired) electrons. The molecule has 0 amide bonds. The fraction of sp³-hybridized carbons (Fsp3) is 0.500. The van der Waals surface area contributed by atoms with Crippen LogP contribution in [-0.4, -0.2) is 30.7 Å². The summed E-state index contributed by atoms with van der Waals surface area (Å²) in [7, 11) is 0. The van der Waals surface area contributed by atoms with Crippen LogP contribution in [0.4, 0.5) is 0 Å². The van der Waals surface area contributed by atoms with E-state index in [1.54, 1.807) is 6.07 Å². The average molecular weight is 248 g/mol. The van der Waals surface area contributed by atoms with Crippen LogP contribution in [-0.2, 0) is 11.8 Å². The van der Waals surface area contributed by atoms with E-state index in [1.165, 1.54) is 4.52 Å². The van der Waals surface area contributed by atoms with E-state index < -0.39 is 5.97 Å². The van der Waals surface area contributed by atoms with Gasteiger partial charge in [-0.15, -0.1) is 5.10 Å². The molecule has 2 heterocycles. The van der Waals surface area contributed by atoms with Crippen molar-refractivity contribution in [1.29, 1.82) is 0 Å². The van der Waals surface area contributed by atoms with Gasteiger partial charge in [-0.05, 0) is 6.07 Å². The number of rotatable bonds is 2. The quantitative estimate of drug-likeness (QED) is 0.874. The molecular weight excluding hydrogens is 232 g/mol. The summed E-state index contributed by atoms with van der Waals surface area (Å²) in [4.78, 5) is 19.9. The molecule has 96 valence electrons. The van der Waals surface area contributed by atoms with Crippen molar-refractivity contribution in [2.24, 2.45) is 0 Å². The first-order valence-corrected chi connectivity index (χ1v) is 5.83. The number of carbonyl (C=O) groups is 1. The third-order valence-electron chi connectivity index (χ3n) is 2.66. The molecule has 2 aromatic rings. The maximum absolute atomic E-state index is 11.3. The van der Waals surface area contributed by atoms with Crippen LogP contribution in [0, 0.1) is 0 Å². The zero-order chi connectivity index (χ0) is 13.5. The zero-order valence-electron chi connectivity index (χ0n) is 10.9. The largest absolute Gasteiger partial charge is 0.477 e. The molecule has 0 aliphatic heterocycles. The molecule has 1 N–H and O–H groups in total. The number of carboxylic acids is 1. The fourth-order valence-corrected chi connectivity index (χ4v) is 1.60. The molecule has 6 heteroatoms. The van der Waals surface area contributed by atoms with Crippen molar-refractivity contribution >= 4 is 11.7 Å². The molecule has 2 rings (SSSR count). The van der Waals surface area contributed by atoms with Crippen molar-refractivity contribution in [2.45, 2.75) is 39.5 Å². The molecule has 6 nitrogen and oxygen atoms in total. The van der Waals surface area contributed by atoms with Crippen LogP contribution in [0.25, 0.3) is 5.78 Å². The lowest BCUT2D eigenvalue weighted by molar-refractivity contribution is 0.0687. The second kappa shape index (κ2) is 4.04. The number of aryl methyl sites for hydroxylation is 1. The van der Waals surface area contributed by atoms with E-state index in [0.717, 1.165) is 0 Å². The standard InChI is InChI=1S/C12H16N4O2/c1-5-9-14-11-13-8(12(2,3)4)6-7(10(17)18)16(11)15-9/h6H,5H2,1-4H3,(H,17,18). The first-order valence-electron chi connectivity index (χ1n) is 5.83. The van der Waals surface area contributed by atoms with E-state index >= 15 is 0 Å². The van der Waals surface area contributed by atoms with Crippen molar-refractivity contribution < 1.29 is 9.90 Å². The minimum Gasteiger partial charge on any atom is -0.477 e. The molecular formula is C12H16N4O2.